The van der Waals surface area contributed by atoms with E-state index in [9.17, 15) is 0 Å². The lowest BCUT2D eigenvalue weighted by Crippen LogP contribution is -2.30. The highest BCUT2D eigenvalue weighted by Gasteiger charge is 2.28. The van der Waals surface area contributed by atoms with Gasteiger partial charge in [-0.25, -0.2) is 0 Å². The number of nitrogens with two attached hydrogens (primary N) is 1. The van der Waals surface area contributed by atoms with Gasteiger partial charge in [0, 0.05) is 21.6 Å². The second-order valence-electron chi connectivity index (χ2n) is 5.77. The largest absolute Gasteiger partial charge is 0.322 e. The molecule has 19 heavy (non-hydrogen) atoms. The van der Waals surface area contributed by atoms with Crippen LogP contribution in [0.5, 0.6) is 0 Å². The average molecular weight is 295 g/mol. The van der Waals surface area contributed by atoms with Crippen LogP contribution in [0.3, 0.4) is 0 Å². The van der Waals surface area contributed by atoms with Gasteiger partial charge < -0.3 is 5.73 Å². The number of hydrogen-bond acceptors (Lipinski definition) is 2. The highest BCUT2D eigenvalue weighted by molar-refractivity contribution is 6.38. The number of halogens is 2. The van der Waals surface area contributed by atoms with Crippen molar-refractivity contribution in [2.24, 2.45) is 5.73 Å². The first kappa shape index (κ1) is 13.2. The molecule has 0 amide bonds. The number of rotatable bonds is 1. The number of fused-ring (bicyclic) bond motifs is 2. The molecule has 2 nitrogen and oxygen atoms in total. The summed E-state index contributed by atoms with van der Waals surface area (Å²) in [6.45, 7) is 4.05. The van der Waals surface area contributed by atoms with Crippen LogP contribution in [0.4, 0.5) is 0 Å². The SMILES string of the molecule is CC(C)(N)c1c2c(nc3c(Cl)cc(Cl)cc13)CCC2. The van der Waals surface area contributed by atoms with Crippen molar-refractivity contribution in [1.29, 1.82) is 0 Å². The van der Waals surface area contributed by atoms with Crippen molar-refractivity contribution in [3.05, 3.63) is 39.0 Å². The monoisotopic (exact) mass is 294 g/mol. The molecule has 0 unspecified atom stereocenters. The van der Waals surface area contributed by atoms with E-state index in [1.165, 1.54) is 5.56 Å². The summed E-state index contributed by atoms with van der Waals surface area (Å²) in [6.07, 6.45) is 3.18. The summed E-state index contributed by atoms with van der Waals surface area (Å²) in [7, 11) is 0. The topological polar surface area (TPSA) is 38.9 Å². The number of hydrogen-bond donors (Lipinski definition) is 1. The van der Waals surface area contributed by atoms with Gasteiger partial charge in [-0.2, -0.15) is 0 Å². The quantitative estimate of drug-likeness (QED) is 0.855. The Hall–Kier alpha value is -0.830. The van der Waals surface area contributed by atoms with Crippen molar-refractivity contribution in [1.82, 2.24) is 4.98 Å². The number of pyridine rings is 1. The van der Waals surface area contributed by atoms with Gasteiger partial charge in [-0.05, 0) is 56.4 Å². The molecule has 1 aromatic heterocycles. The minimum absolute atomic E-state index is 0.427. The summed E-state index contributed by atoms with van der Waals surface area (Å²) in [4.78, 5) is 4.72. The molecular weight excluding hydrogens is 279 g/mol. The average Bonchev–Trinajstić information content (AvgIpc) is 2.71. The third-order valence-corrected chi connectivity index (χ3v) is 4.19. The molecule has 2 N–H and O–H groups in total. The molecule has 0 fully saturated rings. The lowest BCUT2D eigenvalue weighted by molar-refractivity contribution is 0.553. The molecule has 1 aromatic carbocycles. The minimum atomic E-state index is -0.427. The summed E-state index contributed by atoms with van der Waals surface area (Å²) < 4.78 is 0. The number of aryl methyl sites for hydroxylation is 1. The van der Waals surface area contributed by atoms with Crippen LogP contribution in [0.2, 0.25) is 10.0 Å². The van der Waals surface area contributed by atoms with E-state index in [4.69, 9.17) is 33.9 Å². The van der Waals surface area contributed by atoms with E-state index in [1.807, 2.05) is 19.9 Å². The Morgan fingerprint density at radius 3 is 2.63 bits per heavy atom. The number of benzene rings is 1. The molecule has 1 heterocycles. The second kappa shape index (κ2) is 4.34. The van der Waals surface area contributed by atoms with Crippen molar-refractivity contribution in [2.75, 3.05) is 0 Å². The van der Waals surface area contributed by atoms with Gasteiger partial charge in [0.1, 0.15) is 0 Å². The summed E-state index contributed by atoms with van der Waals surface area (Å²) in [5.41, 5.74) is 10.4. The van der Waals surface area contributed by atoms with E-state index in [2.05, 4.69) is 0 Å². The number of aromatic nitrogens is 1. The van der Waals surface area contributed by atoms with E-state index in [0.29, 0.717) is 10.0 Å². The molecule has 0 radical (unpaired) electrons. The van der Waals surface area contributed by atoms with Gasteiger partial charge in [-0.1, -0.05) is 23.2 Å². The highest BCUT2D eigenvalue weighted by Crippen LogP contribution is 2.38. The van der Waals surface area contributed by atoms with E-state index in [-0.39, 0.29) is 0 Å². The van der Waals surface area contributed by atoms with Gasteiger partial charge in [0.05, 0.1) is 10.5 Å². The molecule has 3 rings (SSSR count). The number of nitrogens with zero attached hydrogens (tertiary/aromatic N) is 1. The first-order valence-electron chi connectivity index (χ1n) is 6.48. The Balaban J connectivity index is 2.49. The van der Waals surface area contributed by atoms with E-state index in [1.54, 1.807) is 6.07 Å². The minimum Gasteiger partial charge on any atom is -0.322 e. The van der Waals surface area contributed by atoms with Crippen molar-refractivity contribution in [2.45, 2.75) is 38.6 Å². The molecule has 0 atom stereocenters. The van der Waals surface area contributed by atoms with Crippen molar-refractivity contribution < 1.29 is 0 Å². The van der Waals surface area contributed by atoms with Crippen LogP contribution >= 0.6 is 23.2 Å². The molecule has 0 saturated heterocycles. The van der Waals surface area contributed by atoms with Gasteiger partial charge in [0.25, 0.3) is 0 Å². The predicted octanol–water partition coefficient (Wildman–Crippen LogP) is 4.22. The maximum Gasteiger partial charge on any atom is 0.0896 e. The van der Waals surface area contributed by atoms with Crippen LogP contribution in [0.15, 0.2) is 12.1 Å². The van der Waals surface area contributed by atoms with Gasteiger partial charge >= 0.3 is 0 Å². The highest BCUT2D eigenvalue weighted by atomic mass is 35.5. The third kappa shape index (κ3) is 2.12. The Labute approximate surface area is 122 Å². The standard InChI is InChI=1S/C15H16Cl2N2/c1-15(2,18)13-9-4-3-5-12(9)19-14-10(13)6-8(16)7-11(14)17/h6-7H,3-5,18H2,1-2H3. The zero-order valence-corrected chi connectivity index (χ0v) is 12.6. The first-order valence-corrected chi connectivity index (χ1v) is 7.23. The Bertz CT molecular complexity index is 672. The molecule has 1 aliphatic rings. The first-order chi connectivity index (χ1) is 8.88. The zero-order chi connectivity index (χ0) is 13.8. The van der Waals surface area contributed by atoms with Gasteiger partial charge in [-0.15, -0.1) is 0 Å². The van der Waals surface area contributed by atoms with E-state index >= 15 is 0 Å². The summed E-state index contributed by atoms with van der Waals surface area (Å²) in [5.74, 6) is 0. The van der Waals surface area contributed by atoms with Gasteiger partial charge in [-0.3, -0.25) is 4.98 Å². The van der Waals surface area contributed by atoms with Crippen molar-refractivity contribution in [3.8, 4) is 0 Å². The van der Waals surface area contributed by atoms with Crippen LogP contribution in [0, 0.1) is 0 Å². The van der Waals surface area contributed by atoms with Crippen LogP contribution in [0.25, 0.3) is 10.9 Å². The molecule has 0 saturated carbocycles. The molecule has 100 valence electrons. The Kier molecular flexibility index (Phi) is 3.01. The normalized spacial score (nSPS) is 15.0. The molecular formula is C15H16Cl2N2. The van der Waals surface area contributed by atoms with E-state index in [0.717, 1.165) is 41.4 Å². The van der Waals surface area contributed by atoms with Gasteiger partial charge in [0.15, 0.2) is 0 Å². The fraction of sp³-hybridized carbons (Fsp3) is 0.400. The molecule has 0 aliphatic heterocycles. The fourth-order valence-corrected chi connectivity index (χ4v) is 3.56. The van der Waals surface area contributed by atoms with Gasteiger partial charge in [0.2, 0.25) is 0 Å². The molecule has 0 spiro atoms. The molecule has 1 aliphatic carbocycles. The smallest absolute Gasteiger partial charge is 0.0896 e. The van der Waals surface area contributed by atoms with Crippen molar-refractivity contribution >= 4 is 34.1 Å². The van der Waals surface area contributed by atoms with Crippen LogP contribution in [-0.2, 0) is 18.4 Å². The third-order valence-electron chi connectivity index (χ3n) is 3.68. The zero-order valence-electron chi connectivity index (χ0n) is 11.1. The van der Waals surface area contributed by atoms with Crippen LogP contribution in [-0.4, -0.2) is 4.98 Å². The Morgan fingerprint density at radius 2 is 1.95 bits per heavy atom. The molecule has 4 heteroatoms. The maximum absolute atomic E-state index is 6.38. The predicted molar refractivity (Wildman–Crippen MR) is 81.0 cm³/mol. The van der Waals surface area contributed by atoms with Crippen LogP contribution < -0.4 is 5.73 Å². The van der Waals surface area contributed by atoms with E-state index < -0.39 is 5.54 Å². The lowest BCUT2D eigenvalue weighted by Gasteiger charge is -2.25. The van der Waals surface area contributed by atoms with Crippen molar-refractivity contribution in [3.63, 3.8) is 0 Å². The Morgan fingerprint density at radius 1 is 1.21 bits per heavy atom. The molecule has 2 aromatic rings. The fourth-order valence-electron chi connectivity index (χ4n) is 3.02. The maximum atomic E-state index is 6.38. The summed E-state index contributed by atoms with van der Waals surface area (Å²) in [5, 5.41) is 2.22. The summed E-state index contributed by atoms with van der Waals surface area (Å²) in [6, 6.07) is 3.67. The second-order valence-corrected chi connectivity index (χ2v) is 6.61. The van der Waals surface area contributed by atoms with Crippen LogP contribution in [0.1, 0.15) is 37.1 Å². The summed E-state index contributed by atoms with van der Waals surface area (Å²) >= 11 is 12.4. The lowest BCUT2D eigenvalue weighted by atomic mass is 9.87. The molecule has 0 bridgehead atoms.